The van der Waals surface area contributed by atoms with E-state index in [1.807, 2.05) is 0 Å². The van der Waals surface area contributed by atoms with Crippen molar-refractivity contribution in [1.82, 2.24) is 9.80 Å². The Kier molecular flexibility index (Phi) is 3.65. The summed E-state index contributed by atoms with van der Waals surface area (Å²) in [5.41, 5.74) is 0. The number of hydrogen-bond donors (Lipinski definition) is 1. The minimum Gasteiger partial charge on any atom is -0.391 e. The van der Waals surface area contributed by atoms with Gasteiger partial charge in [0.2, 0.25) is 0 Å². The minimum absolute atomic E-state index is 0.0988. The predicted molar refractivity (Wildman–Crippen MR) is 73.5 cm³/mol. The van der Waals surface area contributed by atoms with E-state index in [0.717, 1.165) is 18.4 Å². The smallest absolute Gasteiger partial charge is 0.0736 e. The molecule has 3 heteroatoms. The third-order valence-electron chi connectivity index (χ3n) is 5.41. The molecule has 4 atom stereocenters. The zero-order chi connectivity index (χ0) is 12.7. The first-order valence-electron chi connectivity index (χ1n) is 7.78. The largest absolute Gasteiger partial charge is 0.391 e. The lowest BCUT2D eigenvalue weighted by atomic mass is 9.72. The van der Waals surface area contributed by atoms with Crippen LogP contribution in [0.1, 0.15) is 33.1 Å². The van der Waals surface area contributed by atoms with Crippen LogP contribution in [0.5, 0.6) is 0 Å². The number of hydrogen-bond acceptors (Lipinski definition) is 3. The van der Waals surface area contributed by atoms with Crippen molar-refractivity contribution in [3.05, 3.63) is 0 Å². The molecule has 3 heterocycles. The van der Waals surface area contributed by atoms with Crippen molar-refractivity contribution in [3.8, 4) is 0 Å². The van der Waals surface area contributed by atoms with Gasteiger partial charge < -0.3 is 5.11 Å². The molecule has 4 fully saturated rings. The van der Waals surface area contributed by atoms with Gasteiger partial charge in [0, 0.05) is 38.8 Å². The molecule has 0 radical (unpaired) electrons. The van der Waals surface area contributed by atoms with E-state index in [1.54, 1.807) is 0 Å². The summed E-state index contributed by atoms with van der Waals surface area (Å²) >= 11 is 0. The van der Waals surface area contributed by atoms with Gasteiger partial charge in [0.1, 0.15) is 0 Å². The van der Waals surface area contributed by atoms with Crippen molar-refractivity contribution in [3.63, 3.8) is 0 Å². The average Bonchev–Trinajstić information content (AvgIpc) is 2.38. The van der Waals surface area contributed by atoms with E-state index in [1.165, 1.54) is 45.4 Å². The van der Waals surface area contributed by atoms with Gasteiger partial charge in [0.25, 0.3) is 0 Å². The maximum absolute atomic E-state index is 10.8. The van der Waals surface area contributed by atoms with Gasteiger partial charge in [-0.2, -0.15) is 0 Å². The number of fused-ring (bicyclic) bond motifs is 3. The molecular weight excluding hydrogens is 224 g/mol. The van der Waals surface area contributed by atoms with E-state index in [0.29, 0.717) is 12.0 Å². The summed E-state index contributed by atoms with van der Waals surface area (Å²) < 4.78 is 0. The Morgan fingerprint density at radius 2 is 1.56 bits per heavy atom. The quantitative estimate of drug-likeness (QED) is 0.805. The van der Waals surface area contributed by atoms with Crippen LogP contribution in [0.25, 0.3) is 0 Å². The number of aliphatic hydroxyl groups is 1. The van der Waals surface area contributed by atoms with E-state index in [9.17, 15) is 5.11 Å². The molecular formula is C15H28N2O. The van der Waals surface area contributed by atoms with Gasteiger partial charge in [-0.05, 0) is 37.0 Å². The highest BCUT2D eigenvalue weighted by molar-refractivity contribution is 4.95. The van der Waals surface area contributed by atoms with Gasteiger partial charge in [-0.3, -0.25) is 9.80 Å². The fourth-order valence-electron chi connectivity index (χ4n) is 4.58. The molecule has 4 unspecified atom stereocenters. The first kappa shape index (κ1) is 12.9. The Bertz CT molecular complexity index is 278. The van der Waals surface area contributed by atoms with Crippen LogP contribution in [0.4, 0.5) is 0 Å². The molecule has 0 aromatic carbocycles. The van der Waals surface area contributed by atoms with Gasteiger partial charge in [0.05, 0.1) is 6.10 Å². The number of rotatable bonds is 2. The number of piperazine rings is 3. The molecule has 4 aliphatic rings. The maximum atomic E-state index is 10.8. The van der Waals surface area contributed by atoms with Crippen LogP contribution in [0, 0.1) is 17.8 Å². The first-order chi connectivity index (χ1) is 8.63. The molecule has 0 aromatic heterocycles. The van der Waals surface area contributed by atoms with Crippen molar-refractivity contribution in [1.29, 1.82) is 0 Å². The Balaban J connectivity index is 1.65. The fourth-order valence-corrected chi connectivity index (χ4v) is 4.58. The molecule has 0 amide bonds. The monoisotopic (exact) mass is 252 g/mol. The molecule has 18 heavy (non-hydrogen) atoms. The van der Waals surface area contributed by atoms with Gasteiger partial charge in [-0.25, -0.2) is 0 Å². The van der Waals surface area contributed by atoms with Crippen LogP contribution in [-0.4, -0.2) is 59.8 Å². The molecule has 2 bridgehead atoms. The lowest BCUT2D eigenvalue weighted by Crippen LogP contribution is -2.65. The van der Waals surface area contributed by atoms with Gasteiger partial charge in [-0.15, -0.1) is 0 Å². The number of aliphatic hydroxyl groups excluding tert-OH is 1. The van der Waals surface area contributed by atoms with Crippen molar-refractivity contribution in [2.24, 2.45) is 17.8 Å². The molecule has 4 rings (SSSR count). The fraction of sp³-hybridized carbons (Fsp3) is 1.00. The summed E-state index contributed by atoms with van der Waals surface area (Å²) in [4.78, 5) is 5.07. The summed E-state index contributed by atoms with van der Waals surface area (Å²) in [5, 5.41) is 10.8. The Labute approximate surface area is 111 Å². The second kappa shape index (κ2) is 5.10. The molecule has 3 saturated heterocycles. The second-order valence-electron chi connectivity index (χ2n) is 7.07. The highest BCUT2D eigenvalue weighted by Crippen LogP contribution is 2.37. The minimum atomic E-state index is -0.0988. The van der Waals surface area contributed by atoms with Crippen molar-refractivity contribution in [2.45, 2.75) is 45.3 Å². The van der Waals surface area contributed by atoms with Crippen LogP contribution in [0.3, 0.4) is 0 Å². The van der Waals surface area contributed by atoms with Crippen LogP contribution in [-0.2, 0) is 0 Å². The predicted octanol–water partition coefficient (Wildman–Crippen LogP) is 1.42. The third kappa shape index (κ3) is 2.45. The second-order valence-corrected chi connectivity index (χ2v) is 7.07. The highest BCUT2D eigenvalue weighted by Gasteiger charge is 2.40. The number of nitrogens with zero attached hydrogens (tertiary/aromatic N) is 2. The zero-order valence-corrected chi connectivity index (χ0v) is 11.9. The third-order valence-corrected chi connectivity index (χ3v) is 5.41. The first-order valence-corrected chi connectivity index (χ1v) is 7.78. The van der Waals surface area contributed by atoms with Crippen molar-refractivity contribution < 1.29 is 5.11 Å². The summed E-state index contributed by atoms with van der Waals surface area (Å²) in [6, 6.07) is 0.412. The SMILES string of the molecule is CC1CC(C)CC(C(O)C2CN3CCN2CC3)C1. The Morgan fingerprint density at radius 3 is 2.06 bits per heavy atom. The van der Waals surface area contributed by atoms with Crippen LogP contribution in [0.15, 0.2) is 0 Å². The van der Waals surface area contributed by atoms with Crippen molar-refractivity contribution >= 4 is 0 Å². The average molecular weight is 252 g/mol. The summed E-state index contributed by atoms with van der Waals surface area (Å²) in [5.74, 6) is 2.13. The lowest BCUT2D eigenvalue weighted by Gasteiger charge is -2.51. The van der Waals surface area contributed by atoms with E-state index in [2.05, 4.69) is 23.6 Å². The van der Waals surface area contributed by atoms with Gasteiger partial charge in [-0.1, -0.05) is 13.8 Å². The summed E-state index contributed by atoms with van der Waals surface area (Å²) in [6.45, 7) is 10.6. The Hall–Kier alpha value is -0.120. The molecule has 1 saturated carbocycles. The molecule has 3 aliphatic heterocycles. The lowest BCUT2D eigenvalue weighted by molar-refractivity contribution is -0.0758. The maximum Gasteiger partial charge on any atom is 0.0736 e. The standard InChI is InChI=1S/C15H28N2O/c1-11-7-12(2)9-13(8-11)15(18)14-10-16-3-5-17(14)6-4-16/h11-15,18H,3-10H2,1-2H3. The van der Waals surface area contributed by atoms with E-state index >= 15 is 0 Å². The van der Waals surface area contributed by atoms with Crippen molar-refractivity contribution in [2.75, 3.05) is 32.7 Å². The highest BCUT2D eigenvalue weighted by atomic mass is 16.3. The molecule has 1 N–H and O–H groups in total. The van der Waals surface area contributed by atoms with Gasteiger partial charge >= 0.3 is 0 Å². The van der Waals surface area contributed by atoms with Crippen LogP contribution < -0.4 is 0 Å². The molecule has 104 valence electrons. The molecule has 3 nitrogen and oxygen atoms in total. The van der Waals surface area contributed by atoms with Crippen LogP contribution >= 0.6 is 0 Å². The van der Waals surface area contributed by atoms with E-state index < -0.39 is 0 Å². The summed E-state index contributed by atoms with van der Waals surface area (Å²) in [6.07, 6.45) is 3.72. The van der Waals surface area contributed by atoms with Gasteiger partial charge in [0.15, 0.2) is 0 Å². The normalized spacial score (nSPS) is 50.2. The molecule has 0 spiro atoms. The summed E-state index contributed by atoms with van der Waals surface area (Å²) in [7, 11) is 0. The van der Waals surface area contributed by atoms with E-state index in [-0.39, 0.29) is 6.10 Å². The molecule has 0 aromatic rings. The topological polar surface area (TPSA) is 26.7 Å². The van der Waals surface area contributed by atoms with Crippen LogP contribution in [0.2, 0.25) is 0 Å². The molecule has 1 aliphatic carbocycles. The Morgan fingerprint density at radius 1 is 0.944 bits per heavy atom. The zero-order valence-electron chi connectivity index (χ0n) is 11.9. The van der Waals surface area contributed by atoms with E-state index in [4.69, 9.17) is 0 Å².